The summed E-state index contributed by atoms with van der Waals surface area (Å²) in [5, 5.41) is 7.29. The van der Waals surface area contributed by atoms with Crippen LogP contribution >= 0.6 is 11.8 Å². The van der Waals surface area contributed by atoms with Gasteiger partial charge in [0.25, 0.3) is 0 Å². The molecule has 0 saturated carbocycles. The lowest BCUT2D eigenvalue weighted by atomic mass is 10.1. The highest BCUT2D eigenvalue weighted by molar-refractivity contribution is 8.13. The standard InChI is InChI=1S/C12H18N2OS/c1-2-15-11-8-4-3-6-10(11)7-5-9-16-12(13)14/h3-4,6,8H,2,5,7,9H2,1H3,(H3,13,14). The number of nitrogens with two attached hydrogens (primary N) is 1. The van der Waals surface area contributed by atoms with Crippen LogP contribution in [0.1, 0.15) is 18.9 Å². The minimum absolute atomic E-state index is 0.193. The predicted molar refractivity (Wildman–Crippen MR) is 70.3 cm³/mol. The van der Waals surface area contributed by atoms with Crippen LogP contribution in [0.25, 0.3) is 0 Å². The van der Waals surface area contributed by atoms with Gasteiger partial charge in [-0.2, -0.15) is 0 Å². The van der Waals surface area contributed by atoms with Crippen LogP contribution in [0.15, 0.2) is 24.3 Å². The minimum Gasteiger partial charge on any atom is -0.494 e. The highest BCUT2D eigenvalue weighted by atomic mass is 32.2. The molecule has 0 radical (unpaired) electrons. The van der Waals surface area contributed by atoms with Crippen LogP contribution in [0.5, 0.6) is 5.75 Å². The third kappa shape index (κ3) is 4.57. The van der Waals surface area contributed by atoms with Crippen molar-refractivity contribution in [1.29, 1.82) is 5.41 Å². The average Bonchev–Trinajstić information content (AvgIpc) is 2.26. The van der Waals surface area contributed by atoms with Crippen molar-refractivity contribution in [2.24, 2.45) is 5.73 Å². The lowest BCUT2D eigenvalue weighted by Gasteiger charge is -2.09. The Balaban J connectivity index is 2.43. The summed E-state index contributed by atoms with van der Waals surface area (Å²) in [7, 11) is 0. The van der Waals surface area contributed by atoms with Gasteiger partial charge in [-0.25, -0.2) is 0 Å². The molecule has 88 valence electrons. The van der Waals surface area contributed by atoms with E-state index in [1.54, 1.807) is 0 Å². The quantitative estimate of drug-likeness (QED) is 0.455. The van der Waals surface area contributed by atoms with Crippen molar-refractivity contribution in [3.63, 3.8) is 0 Å². The van der Waals surface area contributed by atoms with Crippen molar-refractivity contribution in [3.05, 3.63) is 29.8 Å². The summed E-state index contributed by atoms with van der Waals surface area (Å²) < 4.78 is 5.54. The van der Waals surface area contributed by atoms with Crippen molar-refractivity contribution < 1.29 is 4.74 Å². The molecule has 16 heavy (non-hydrogen) atoms. The number of hydrogen-bond donors (Lipinski definition) is 2. The molecule has 0 bridgehead atoms. The molecule has 3 nitrogen and oxygen atoms in total. The molecule has 0 amide bonds. The molecule has 0 saturated heterocycles. The molecule has 3 N–H and O–H groups in total. The van der Waals surface area contributed by atoms with E-state index in [2.05, 4.69) is 6.07 Å². The van der Waals surface area contributed by atoms with Crippen molar-refractivity contribution in [3.8, 4) is 5.75 Å². The van der Waals surface area contributed by atoms with Crippen molar-refractivity contribution >= 4 is 16.9 Å². The highest BCUT2D eigenvalue weighted by Crippen LogP contribution is 2.20. The van der Waals surface area contributed by atoms with E-state index in [1.165, 1.54) is 17.3 Å². The zero-order chi connectivity index (χ0) is 11.8. The van der Waals surface area contributed by atoms with Gasteiger partial charge >= 0.3 is 0 Å². The maximum absolute atomic E-state index is 7.10. The predicted octanol–water partition coefficient (Wildman–Crippen LogP) is 2.64. The number of amidine groups is 1. The van der Waals surface area contributed by atoms with Gasteiger partial charge in [-0.3, -0.25) is 5.41 Å². The Morgan fingerprint density at radius 2 is 2.19 bits per heavy atom. The van der Waals surface area contributed by atoms with Gasteiger partial charge in [0.2, 0.25) is 0 Å². The fourth-order valence-corrected chi connectivity index (χ4v) is 1.96. The van der Waals surface area contributed by atoms with Gasteiger partial charge in [-0.05, 0) is 31.4 Å². The van der Waals surface area contributed by atoms with Gasteiger partial charge in [0.05, 0.1) is 6.61 Å². The van der Waals surface area contributed by atoms with E-state index in [9.17, 15) is 0 Å². The summed E-state index contributed by atoms with van der Waals surface area (Å²) >= 11 is 1.39. The molecule has 0 aliphatic carbocycles. The van der Waals surface area contributed by atoms with Gasteiger partial charge in [-0.1, -0.05) is 30.0 Å². The monoisotopic (exact) mass is 238 g/mol. The lowest BCUT2D eigenvalue weighted by molar-refractivity contribution is 0.336. The number of thioether (sulfide) groups is 1. The first-order chi connectivity index (χ1) is 7.74. The van der Waals surface area contributed by atoms with Crippen LogP contribution in [0.4, 0.5) is 0 Å². The fourth-order valence-electron chi connectivity index (χ4n) is 1.45. The van der Waals surface area contributed by atoms with Gasteiger partial charge in [0, 0.05) is 5.75 Å². The molecule has 0 fully saturated rings. The molecular weight excluding hydrogens is 220 g/mol. The smallest absolute Gasteiger partial charge is 0.151 e. The number of ether oxygens (including phenoxy) is 1. The van der Waals surface area contributed by atoms with Crippen LogP contribution in [-0.2, 0) is 6.42 Å². The summed E-state index contributed by atoms with van der Waals surface area (Å²) in [5.74, 6) is 1.85. The first-order valence-corrected chi connectivity index (χ1v) is 6.40. The van der Waals surface area contributed by atoms with Crippen LogP contribution in [0, 0.1) is 5.41 Å². The molecule has 0 aliphatic heterocycles. The van der Waals surface area contributed by atoms with Crippen LogP contribution in [-0.4, -0.2) is 17.5 Å². The second kappa shape index (κ2) is 7.17. The SMILES string of the molecule is CCOc1ccccc1CCCSC(=N)N. The second-order valence-electron chi connectivity index (χ2n) is 3.36. The molecule has 1 aromatic rings. The maximum Gasteiger partial charge on any atom is 0.151 e. The molecule has 1 aromatic carbocycles. The summed E-state index contributed by atoms with van der Waals surface area (Å²) in [6.07, 6.45) is 1.98. The van der Waals surface area contributed by atoms with Crippen molar-refractivity contribution in [2.45, 2.75) is 19.8 Å². The van der Waals surface area contributed by atoms with Gasteiger partial charge in [0.15, 0.2) is 5.17 Å². The van der Waals surface area contributed by atoms with Crippen LogP contribution in [0.3, 0.4) is 0 Å². The van der Waals surface area contributed by atoms with E-state index in [0.29, 0.717) is 6.61 Å². The van der Waals surface area contributed by atoms with Crippen molar-refractivity contribution in [2.75, 3.05) is 12.4 Å². The summed E-state index contributed by atoms with van der Waals surface area (Å²) in [5.41, 5.74) is 6.50. The lowest BCUT2D eigenvalue weighted by Crippen LogP contribution is -2.05. The van der Waals surface area contributed by atoms with E-state index >= 15 is 0 Å². The number of para-hydroxylation sites is 1. The third-order valence-electron chi connectivity index (χ3n) is 2.12. The van der Waals surface area contributed by atoms with Crippen LogP contribution < -0.4 is 10.5 Å². The first-order valence-electron chi connectivity index (χ1n) is 5.41. The fraction of sp³-hybridized carbons (Fsp3) is 0.417. The molecule has 0 heterocycles. The molecule has 1 rings (SSSR count). The Bertz CT molecular complexity index is 342. The largest absolute Gasteiger partial charge is 0.494 e. The highest BCUT2D eigenvalue weighted by Gasteiger charge is 2.02. The molecule has 0 aliphatic rings. The van der Waals surface area contributed by atoms with E-state index in [4.69, 9.17) is 15.9 Å². The zero-order valence-corrected chi connectivity index (χ0v) is 10.3. The third-order valence-corrected chi connectivity index (χ3v) is 2.92. The normalized spacial score (nSPS) is 10.1. The Morgan fingerprint density at radius 3 is 2.88 bits per heavy atom. The van der Waals surface area contributed by atoms with E-state index in [1.807, 2.05) is 25.1 Å². The number of benzene rings is 1. The van der Waals surface area contributed by atoms with Gasteiger partial charge < -0.3 is 10.5 Å². The molecule has 0 unspecified atom stereocenters. The molecule has 0 atom stereocenters. The maximum atomic E-state index is 7.10. The Morgan fingerprint density at radius 1 is 1.44 bits per heavy atom. The van der Waals surface area contributed by atoms with Crippen LogP contribution in [0.2, 0.25) is 0 Å². The van der Waals surface area contributed by atoms with Gasteiger partial charge in [0.1, 0.15) is 5.75 Å². The van der Waals surface area contributed by atoms with E-state index in [-0.39, 0.29) is 5.17 Å². The Kier molecular flexibility index (Phi) is 5.78. The number of aryl methyl sites for hydroxylation is 1. The van der Waals surface area contributed by atoms with Gasteiger partial charge in [-0.15, -0.1) is 0 Å². The Labute approximate surface area is 101 Å². The zero-order valence-electron chi connectivity index (χ0n) is 9.53. The van der Waals surface area contributed by atoms with Crippen molar-refractivity contribution in [1.82, 2.24) is 0 Å². The molecule has 0 aromatic heterocycles. The average molecular weight is 238 g/mol. The molecule has 4 heteroatoms. The second-order valence-corrected chi connectivity index (χ2v) is 4.49. The molecule has 0 spiro atoms. The number of rotatable bonds is 6. The minimum atomic E-state index is 0.193. The van der Waals surface area contributed by atoms with E-state index < -0.39 is 0 Å². The number of nitrogens with one attached hydrogen (secondary N) is 1. The van der Waals surface area contributed by atoms with E-state index in [0.717, 1.165) is 24.3 Å². The topological polar surface area (TPSA) is 59.1 Å². The summed E-state index contributed by atoms with van der Waals surface area (Å²) in [4.78, 5) is 0. The molecular formula is C12H18N2OS. The number of hydrogen-bond acceptors (Lipinski definition) is 3. The summed E-state index contributed by atoms with van der Waals surface area (Å²) in [6.45, 7) is 2.68. The summed E-state index contributed by atoms with van der Waals surface area (Å²) in [6, 6.07) is 8.09. The first kappa shape index (κ1) is 12.9. The Hall–Kier alpha value is -1.16.